The highest BCUT2D eigenvalue weighted by Gasteiger charge is 2.53. The summed E-state index contributed by atoms with van der Waals surface area (Å²) in [5, 5.41) is 16.2. The molecule has 2 aromatic carbocycles. The van der Waals surface area contributed by atoms with Crippen molar-refractivity contribution in [2.75, 3.05) is 30.4 Å². The fraction of sp³-hybridized carbons (Fsp3) is 0.360. The number of carbonyl (C=O) groups is 4. The predicted octanol–water partition coefficient (Wildman–Crippen LogP) is 2.40. The molecular weight excluding hydrogens is 500 g/mol. The van der Waals surface area contributed by atoms with Gasteiger partial charge in [0, 0.05) is 19.2 Å². The summed E-state index contributed by atoms with van der Waals surface area (Å²) in [5.74, 6) is -2.44. The molecule has 2 N–H and O–H groups in total. The number of ether oxygens (including phenoxy) is 3. The molecule has 1 heterocycles. The van der Waals surface area contributed by atoms with Crippen LogP contribution in [0.25, 0.3) is 0 Å². The molecule has 2 aliphatic rings. The molecule has 2 aromatic rings. The number of carbonyl (C=O) groups excluding carboxylic acids is 4. The minimum atomic E-state index is -2.14. The Morgan fingerprint density at radius 3 is 2.53 bits per heavy atom. The quantitative estimate of drug-likeness (QED) is 0.171. The maximum Gasteiger partial charge on any atom is 0.514 e. The van der Waals surface area contributed by atoms with Crippen molar-refractivity contribution < 1.29 is 38.3 Å². The van der Waals surface area contributed by atoms with Gasteiger partial charge in [-0.25, -0.2) is 9.59 Å². The van der Waals surface area contributed by atoms with Gasteiger partial charge < -0.3 is 29.7 Å². The van der Waals surface area contributed by atoms with Gasteiger partial charge in [-0.05, 0) is 49.9 Å². The van der Waals surface area contributed by atoms with Crippen molar-refractivity contribution in [3.05, 3.63) is 58.6 Å². The summed E-state index contributed by atoms with van der Waals surface area (Å²) < 4.78 is 15.4. The Morgan fingerprint density at radius 2 is 1.87 bits per heavy atom. The Bertz CT molecular complexity index is 1260. The molecule has 0 spiro atoms. The monoisotopic (exact) mass is 526 g/mol. The van der Waals surface area contributed by atoms with Crippen molar-refractivity contribution in [1.82, 2.24) is 5.32 Å². The Balaban J connectivity index is 1.48. The second-order valence-electron chi connectivity index (χ2n) is 9.03. The lowest BCUT2D eigenvalue weighted by Crippen LogP contribution is -2.68. The first-order valence-electron chi connectivity index (χ1n) is 11.8. The third-order valence-electron chi connectivity index (χ3n) is 6.20. The molecule has 2 atom stereocenters. The number of para-hydroxylation sites is 2. The molecule has 0 aromatic heterocycles. The zero-order chi connectivity index (χ0) is 27.4. The molecule has 0 unspecified atom stereocenters. The molecule has 38 heavy (non-hydrogen) atoms. The second-order valence-corrected chi connectivity index (χ2v) is 9.03. The maximum atomic E-state index is 13.6. The highest BCUT2D eigenvalue weighted by molar-refractivity contribution is 6.18. The van der Waals surface area contributed by atoms with Crippen LogP contribution in [0, 0.1) is 16.0 Å². The Kier molecular flexibility index (Phi) is 7.46. The summed E-state index contributed by atoms with van der Waals surface area (Å²) in [6.45, 7) is 1.05. The number of fused-ring (bicyclic) bond motifs is 1. The van der Waals surface area contributed by atoms with Gasteiger partial charge in [-0.15, -0.1) is 0 Å². The third-order valence-corrected chi connectivity index (χ3v) is 6.20. The van der Waals surface area contributed by atoms with E-state index in [9.17, 15) is 29.3 Å². The third kappa shape index (κ3) is 5.66. The van der Waals surface area contributed by atoms with Gasteiger partial charge in [0.1, 0.15) is 5.75 Å². The summed E-state index contributed by atoms with van der Waals surface area (Å²) in [7, 11) is 1.48. The predicted molar refractivity (Wildman–Crippen MR) is 133 cm³/mol. The van der Waals surface area contributed by atoms with Gasteiger partial charge in [0.05, 0.1) is 29.4 Å². The van der Waals surface area contributed by atoms with Crippen LogP contribution in [0.2, 0.25) is 0 Å². The van der Waals surface area contributed by atoms with Gasteiger partial charge in [-0.1, -0.05) is 12.1 Å². The summed E-state index contributed by atoms with van der Waals surface area (Å²) >= 11 is 0. The van der Waals surface area contributed by atoms with Gasteiger partial charge in [0.2, 0.25) is 5.54 Å². The van der Waals surface area contributed by atoms with Crippen LogP contribution < -0.4 is 20.3 Å². The largest absolute Gasteiger partial charge is 0.514 e. The van der Waals surface area contributed by atoms with E-state index in [2.05, 4.69) is 10.6 Å². The van der Waals surface area contributed by atoms with E-state index in [1.807, 2.05) is 0 Å². The molecule has 1 fully saturated rings. The minimum Gasteiger partial charge on any atom is -0.463 e. The van der Waals surface area contributed by atoms with Crippen molar-refractivity contribution in [2.45, 2.75) is 31.4 Å². The van der Waals surface area contributed by atoms with E-state index in [1.54, 1.807) is 24.3 Å². The summed E-state index contributed by atoms with van der Waals surface area (Å²) in [5.41, 5.74) is -1.27. The fourth-order valence-electron chi connectivity index (χ4n) is 3.79. The van der Waals surface area contributed by atoms with Crippen molar-refractivity contribution in [3.8, 4) is 5.75 Å². The number of nitrogens with zero attached hydrogens (tertiary/aromatic N) is 2. The Morgan fingerprint density at radius 1 is 1.18 bits per heavy atom. The standard InChI is InChI=1S/C25H26N4O9/c1-15(37-24(33)38-18-11-9-17(10-12-18)29(34)35)21(30)27-25(23(32)36-13-16-7-8-16)14-26-19-5-3-4-6-20(19)28(2)22(25)31/h3-6,9-12,15-16,26H,7-8,13-14H2,1-2H3,(H,27,30)/t15-,25-/m0/s1. The maximum absolute atomic E-state index is 13.6. The molecule has 13 nitrogen and oxygen atoms in total. The van der Waals surface area contributed by atoms with Crippen LogP contribution in [0.15, 0.2) is 48.5 Å². The highest BCUT2D eigenvalue weighted by Crippen LogP contribution is 2.32. The van der Waals surface area contributed by atoms with Gasteiger partial charge in [0.25, 0.3) is 17.5 Å². The number of hydrogen-bond acceptors (Lipinski definition) is 10. The van der Waals surface area contributed by atoms with Crippen LogP contribution in [-0.2, 0) is 23.9 Å². The number of nitro benzene ring substituents is 1. The van der Waals surface area contributed by atoms with Crippen LogP contribution in [0.1, 0.15) is 19.8 Å². The summed E-state index contributed by atoms with van der Waals surface area (Å²) in [6, 6.07) is 11.6. The van der Waals surface area contributed by atoms with Crippen LogP contribution in [0.4, 0.5) is 21.9 Å². The van der Waals surface area contributed by atoms with E-state index in [0.29, 0.717) is 11.4 Å². The van der Waals surface area contributed by atoms with Crippen molar-refractivity contribution in [2.24, 2.45) is 5.92 Å². The normalized spacial score (nSPS) is 19.2. The highest BCUT2D eigenvalue weighted by atomic mass is 16.7. The number of amides is 2. The average Bonchev–Trinajstić information content (AvgIpc) is 3.74. The molecular formula is C25H26N4O9. The lowest BCUT2D eigenvalue weighted by atomic mass is 9.97. The van der Waals surface area contributed by atoms with Gasteiger partial charge in [0.15, 0.2) is 6.10 Å². The van der Waals surface area contributed by atoms with E-state index in [0.717, 1.165) is 25.0 Å². The first-order valence-corrected chi connectivity index (χ1v) is 11.8. The SMILES string of the molecule is C[C@H](OC(=O)Oc1ccc([N+](=O)[O-])cc1)C(=O)N[C@@]1(C(=O)OCC2CC2)CNc2ccccc2N(C)C1=O. The topological polar surface area (TPSA) is 166 Å². The molecule has 1 aliphatic carbocycles. The van der Waals surface area contributed by atoms with Gasteiger partial charge in [-0.3, -0.25) is 19.7 Å². The van der Waals surface area contributed by atoms with Crippen molar-refractivity contribution >= 4 is 41.0 Å². The number of likely N-dealkylation sites (N-methyl/N-ethyl adjacent to an activating group) is 1. The van der Waals surface area contributed by atoms with Crippen molar-refractivity contribution in [3.63, 3.8) is 0 Å². The van der Waals surface area contributed by atoms with Crippen LogP contribution >= 0.6 is 0 Å². The second kappa shape index (κ2) is 10.7. The number of nitro groups is 1. The Labute approximate surface area is 217 Å². The van der Waals surface area contributed by atoms with Crippen LogP contribution in [-0.4, -0.2) is 60.7 Å². The summed E-state index contributed by atoms with van der Waals surface area (Å²) in [4.78, 5) is 63.6. The number of esters is 1. The lowest BCUT2D eigenvalue weighted by Gasteiger charge is -2.32. The van der Waals surface area contributed by atoms with Crippen LogP contribution in [0.5, 0.6) is 5.75 Å². The number of benzene rings is 2. The number of anilines is 2. The molecule has 4 rings (SSSR count). The number of nitrogens with one attached hydrogen (secondary N) is 2. The summed E-state index contributed by atoms with van der Waals surface area (Å²) in [6.07, 6.45) is -0.920. The molecule has 0 bridgehead atoms. The number of rotatable bonds is 8. The van der Waals surface area contributed by atoms with E-state index in [-0.39, 0.29) is 30.5 Å². The van der Waals surface area contributed by atoms with E-state index in [4.69, 9.17) is 14.2 Å². The molecule has 0 radical (unpaired) electrons. The molecule has 0 saturated heterocycles. The first-order chi connectivity index (χ1) is 18.1. The molecule has 1 saturated carbocycles. The smallest absolute Gasteiger partial charge is 0.463 e. The van der Waals surface area contributed by atoms with Gasteiger partial charge in [-0.2, -0.15) is 0 Å². The number of non-ortho nitro benzene ring substituents is 1. The fourth-order valence-corrected chi connectivity index (χ4v) is 3.79. The lowest BCUT2D eigenvalue weighted by molar-refractivity contribution is -0.384. The molecule has 200 valence electrons. The van der Waals surface area contributed by atoms with Gasteiger partial charge >= 0.3 is 12.1 Å². The van der Waals surface area contributed by atoms with Crippen LogP contribution in [0.3, 0.4) is 0 Å². The van der Waals surface area contributed by atoms with E-state index < -0.39 is 40.5 Å². The van der Waals surface area contributed by atoms with E-state index >= 15 is 0 Å². The van der Waals surface area contributed by atoms with E-state index in [1.165, 1.54) is 31.0 Å². The zero-order valence-corrected chi connectivity index (χ0v) is 20.7. The molecule has 1 aliphatic heterocycles. The average molecular weight is 527 g/mol. The molecule has 13 heteroatoms. The Hall–Kier alpha value is -4.68. The zero-order valence-electron chi connectivity index (χ0n) is 20.7. The minimum absolute atomic E-state index is 0.0455. The first kappa shape index (κ1) is 26.4. The molecule has 2 amide bonds. The van der Waals surface area contributed by atoms with Crippen molar-refractivity contribution in [1.29, 1.82) is 0 Å². The number of hydrogen-bond donors (Lipinski definition) is 2.